The zero-order valence-electron chi connectivity index (χ0n) is 11.6. The third-order valence-corrected chi connectivity index (χ3v) is 2.75. The highest BCUT2D eigenvalue weighted by Gasteiger charge is 2.09. The second kappa shape index (κ2) is 5.60. The lowest BCUT2D eigenvalue weighted by molar-refractivity contribution is 0.0994. The fourth-order valence-electron chi connectivity index (χ4n) is 1.64. The Morgan fingerprint density at radius 1 is 1.15 bits per heavy atom. The molecule has 2 rings (SSSR count). The molecule has 0 spiro atoms. The Balaban J connectivity index is 2.17. The summed E-state index contributed by atoms with van der Waals surface area (Å²) in [5.41, 5.74) is 6.91. The van der Waals surface area contributed by atoms with Crippen LogP contribution in [0.3, 0.4) is 0 Å². The van der Waals surface area contributed by atoms with E-state index in [-0.39, 0.29) is 5.69 Å². The van der Waals surface area contributed by atoms with Gasteiger partial charge in [0.2, 0.25) is 0 Å². The molecule has 2 heterocycles. The first-order chi connectivity index (χ1) is 9.47. The lowest BCUT2D eigenvalue weighted by atomic mass is 10.1. The molecule has 1 amide bonds. The Labute approximate surface area is 116 Å². The van der Waals surface area contributed by atoms with Gasteiger partial charge in [-0.3, -0.25) is 4.79 Å². The highest BCUT2D eigenvalue weighted by molar-refractivity contribution is 5.92. The van der Waals surface area contributed by atoms with Gasteiger partial charge >= 0.3 is 0 Å². The summed E-state index contributed by atoms with van der Waals surface area (Å²) in [6.45, 7) is 5.84. The zero-order chi connectivity index (χ0) is 14.7. The molecule has 0 aliphatic rings. The predicted molar refractivity (Wildman–Crippen MR) is 74.7 cm³/mol. The predicted octanol–water partition coefficient (Wildman–Crippen LogP) is 1.54. The molecule has 7 nitrogen and oxygen atoms in total. The van der Waals surface area contributed by atoms with Gasteiger partial charge in [0.25, 0.3) is 5.91 Å². The molecule has 20 heavy (non-hydrogen) atoms. The fraction of sp³-hybridized carbons (Fsp3) is 0.308. The largest absolute Gasteiger partial charge is 0.364 e. The van der Waals surface area contributed by atoms with Gasteiger partial charge in [-0.1, -0.05) is 13.8 Å². The molecular formula is C13H16N6O. The topological polar surface area (TPSA) is 107 Å². The van der Waals surface area contributed by atoms with E-state index >= 15 is 0 Å². The Bertz CT molecular complexity index is 623. The molecule has 3 N–H and O–H groups in total. The van der Waals surface area contributed by atoms with Crippen LogP contribution < -0.4 is 11.1 Å². The van der Waals surface area contributed by atoms with Crippen LogP contribution in [-0.4, -0.2) is 26.3 Å². The maximum Gasteiger partial charge on any atom is 0.269 e. The minimum absolute atomic E-state index is 0.164. The number of primary amides is 1. The first-order valence-corrected chi connectivity index (χ1v) is 6.22. The smallest absolute Gasteiger partial charge is 0.269 e. The maximum absolute atomic E-state index is 11.1. The average Bonchev–Trinajstić information content (AvgIpc) is 2.39. The highest BCUT2D eigenvalue weighted by atomic mass is 16.1. The summed E-state index contributed by atoms with van der Waals surface area (Å²) >= 11 is 0. The van der Waals surface area contributed by atoms with Crippen LogP contribution in [0.15, 0.2) is 18.2 Å². The Morgan fingerprint density at radius 3 is 2.35 bits per heavy atom. The Morgan fingerprint density at radius 2 is 1.85 bits per heavy atom. The van der Waals surface area contributed by atoms with Gasteiger partial charge in [-0.2, -0.15) is 5.10 Å². The van der Waals surface area contributed by atoms with Gasteiger partial charge in [0.05, 0.1) is 5.69 Å². The van der Waals surface area contributed by atoms with Crippen molar-refractivity contribution in [3.05, 3.63) is 35.2 Å². The Kier molecular flexibility index (Phi) is 3.88. The van der Waals surface area contributed by atoms with E-state index in [0.717, 1.165) is 5.69 Å². The summed E-state index contributed by atoms with van der Waals surface area (Å²) in [6, 6.07) is 5.41. The number of nitrogens with one attached hydrogen (secondary N) is 1. The molecule has 0 fully saturated rings. The van der Waals surface area contributed by atoms with E-state index in [1.54, 1.807) is 13.0 Å². The number of carbonyl (C=O) groups is 1. The number of rotatable bonds is 4. The summed E-state index contributed by atoms with van der Waals surface area (Å²) < 4.78 is 0. The molecule has 2 aromatic heterocycles. The molecule has 0 bridgehead atoms. The van der Waals surface area contributed by atoms with Crippen LogP contribution in [-0.2, 0) is 0 Å². The molecule has 0 aromatic carbocycles. The first-order valence-electron chi connectivity index (χ1n) is 6.22. The number of nitrogens with zero attached hydrogens (tertiary/aromatic N) is 4. The van der Waals surface area contributed by atoms with Crippen LogP contribution in [0.25, 0.3) is 0 Å². The van der Waals surface area contributed by atoms with Gasteiger partial charge in [0.1, 0.15) is 0 Å². The van der Waals surface area contributed by atoms with Crippen molar-refractivity contribution < 1.29 is 4.79 Å². The van der Waals surface area contributed by atoms with E-state index in [2.05, 4.69) is 39.6 Å². The number of hydrogen-bond acceptors (Lipinski definition) is 6. The van der Waals surface area contributed by atoms with Crippen molar-refractivity contribution in [2.45, 2.75) is 26.7 Å². The van der Waals surface area contributed by atoms with E-state index in [1.807, 2.05) is 12.1 Å². The van der Waals surface area contributed by atoms with Crippen LogP contribution in [0.5, 0.6) is 0 Å². The molecule has 7 heteroatoms. The molecule has 2 aromatic rings. The third-order valence-electron chi connectivity index (χ3n) is 2.75. The lowest BCUT2D eigenvalue weighted by Crippen LogP contribution is -2.16. The van der Waals surface area contributed by atoms with Gasteiger partial charge in [0, 0.05) is 0 Å². The lowest BCUT2D eigenvalue weighted by Gasteiger charge is -2.07. The van der Waals surface area contributed by atoms with Gasteiger partial charge in [-0.05, 0) is 36.6 Å². The summed E-state index contributed by atoms with van der Waals surface area (Å²) in [7, 11) is 0. The van der Waals surface area contributed by atoms with Crippen molar-refractivity contribution in [3.63, 3.8) is 0 Å². The van der Waals surface area contributed by atoms with Crippen LogP contribution in [0.1, 0.15) is 41.5 Å². The SMILES string of the molecule is Cc1cc(Nc2ccc(C(C)C)nn2)nnc1C(N)=O. The number of carbonyl (C=O) groups excluding carboxylic acids is 1. The number of anilines is 2. The van der Waals surface area contributed by atoms with Crippen molar-refractivity contribution >= 4 is 17.5 Å². The van der Waals surface area contributed by atoms with E-state index in [9.17, 15) is 4.79 Å². The Hall–Kier alpha value is -2.57. The van der Waals surface area contributed by atoms with Crippen LogP contribution >= 0.6 is 0 Å². The highest BCUT2D eigenvalue weighted by Crippen LogP contribution is 2.15. The normalized spacial score (nSPS) is 10.6. The molecule has 0 saturated carbocycles. The summed E-state index contributed by atoms with van der Waals surface area (Å²) in [4.78, 5) is 11.1. The molecular weight excluding hydrogens is 256 g/mol. The van der Waals surface area contributed by atoms with Gasteiger partial charge < -0.3 is 11.1 Å². The minimum atomic E-state index is -0.595. The van der Waals surface area contributed by atoms with Gasteiger partial charge in [0.15, 0.2) is 17.3 Å². The molecule has 104 valence electrons. The van der Waals surface area contributed by atoms with Crippen molar-refractivity contribution in [2.75, 3.05) is 5.32 Å². The summed E-state index contributed by atoms with van der Waals surface area (Å²) in [6.07, 6.45) is 0. The van der Waals surface area contributed by atoms with E-state index in [4.69, 9.17) is 5.73 Å². The third kappa shape index (κ3) is 3.05. The zero-order valence-corrected chi connectivity index (χ0v) is 11.6. The number of aryl methyl sites for hydroxylation is 1. The summed E-state index contributed by atoms with van der Waals surface area (Å²) in [5, 5.41) is 18.8. The van der Waals surface area contributed by atoms with Crippen LogP contribution in [0.2, 0.25) is 0 Å². The molecule has 0 radical (unpaired) electrons. The van der Waals surface area contributed by atoms with Gasteiger partial charge in [-0.25, -0.2) is 0 Å². The standard InChI is InChI=1S/C13H16N6O/c1-7(2)9-4-5-10(17-16-9)15-11-6-8(3)12(13(14)20)19-18-11/h4-7H,1-3H3,(H2,14,20)(H,15,17,18). The number of hydrogen-bond donors (Lipinski definition) is 2. The van der Waals surface area contributed by atoms with Gasteiger partial charge in [-0.15, -0.1) is 15.3 Å². The second-order valence-electron chi connectivity index (χ2n) is 4.75. The first kappa shape index (κ1) is 13.9. The van der Waals surface area contributed by atoms with Crippen molar-refractivity contribution in [3.8, 4) is 0 Å². The summed E-state index contributed by atoms with van der Waals surface area (Å²) in [5.74, 6) is 0.782. The van der Waals surface area contributed by atoms with Crippen LogP contribution in [0, 0.1) is 6.92 Å². The number of amides is 1. The quantitative estimate of drug-likeness (QED) is 0.874. The van der Waals surface area contributed by atoms with Crippen molar-refractivity contribution in [1.82, 2.24) is 20.4 Å². The molecule has 0 saturated heterocycles. The fourth-order valence-corrected chi connectivity index (χ4v) is 1.64. The maximum atomic E-state index is 11.1. The number of aromatic nitrogens is 4. The number of nitrogens with two attached hydrogens (primary N) is 1. The molecule has 0 aliphatic carbocycles. The van der Waals surface area contributed by atoms with Crippen LogP contribution in [0.4, 0.5) is 11.6 Å². The second-order valence-corrected chi connectivity index (χ2v) is 4.75. The van der Waals surface area contributed by atoms with E-state index < -0.39 is 5.91 Å². The van der Waals surface area contributed by atoms with E-state index in [1.165, 1.54) is 0 Å². The minimum Gasteiger partial charge on any atom is -0.364 e. The average molecular weight is 272 g/mol. The monoisotopic (exact) mass is 272 g/mol. The van der Waals surface area contributed by atoms with Crippen molar-refractivity contribution in [1.29, 1.82) is 0 Å². The van der Waals surface area contributed by atoms with E-state index in [0.29, 0.717) is 23.1 Å². The van der Waals surface area contributed by atoms with Crippen molar-refractivity contribution in [2.24, 2.45) is 5.73 Å². The molecule has 0 aliphatic heterocycles. The molecule has 0 unspecified atom stereocenters. The molecule has 0 atom stereocenters.